The molecule has 1 aliphatic rings. The zero-order valence-electron chi connectivity index (χ0n) is 8.36. The highest BCUT2D eigenvalue weighted by atomic mass is 16.2. The molecule has 6 nitrogen and oxygen atoms in total. The predicted octanol–water partition coefficient (Wildman–Crippen LogP) is -0.505. The molecule has 0 spiro atoms. The van der Waals surface area contributed by atoms with E-state index in [0.29, 0.717) is 12.4 Å². The van der Waals surface area contributed by atoms with Crippen LogP contribution in [-0.2, 0) is 16.6 Å². The lowest BCUT2D eigenvalue weighted by molar-refractivity contribution is -0.123. The van der Waals surface area contributed by atoms with Crippen LogP contribution in [0.3, 0.4) is 0 Å². The van der Waals surface area contributed by atoms with Crippen LogP contribution in [-0.4, -0.2) is 28.1 Å². The number of rotatable bonds is 2. The molecule has 0 radical (unpaired) electrons. The lowest BCUT2D eigenvalue weighted by Gasteiger charge is -2.05. The molecule has 1 saturated heterocycles. The summed E-state index contributed by atoms with van der Waals surface area (Å²) in [4.78, 5) is 22.5. The van der Waals surface area contributed by atoms with Gasteiger partial charge in [-0.2, -0.15) is 5.10 Å². The van der Waals surface area contributed by atoms with Gasteiger partial charge in [-0.25, -0.2) is 0 Å². The molecular formula is C9H12N4O2. The standard InChI is InChI=1S/C9H12N4O2/c1-13-3-2-7(12-13)11-9(15)6-4-8(14)10-5-6/h2-3,6H,4-5H2,1H3,(H,10,14)(H,11,12,15). The van der Waals surface area contributed by atoms with Crippen molar-refractivity contribution in [1.82, 2.24) is 15.1 Å². The number of hydrogen-bond acceptors (Lipinski definition) is 3. The summed E-state index contributed by atoms with van der Waals surface area (Å²) in [6.07, 6.45) is 2.01. The first-order valence-corrected chi connectivity index (χ1v) is 4.72. The summed E-state index contributed by atoms with van der Waals surface area (Å²) in [7, 11) is 1.77. The van der Waals surface area contributed by atoms with Crippen molar-refractivity contribution in [2.75, 3.05) is 11.9 Å². The first-order valence-electron chi connectivity index (χ1n) is 4.72. The summed E-state index contributed by atoms with van der Waals surface area (Å²) in [5.41, 5.74) is 0. The van der Waals surface area contributed by atoms with E-state index in [4.69, 9.17) is 0 Å². The van der Waals surface area contributed by atoms with Gasteiger partial charge in [0.05, 0.1) is 5.92 Å². The Bertz CT molecular complexity index is 399. The quantitative estimate of drug-likeness (QED) is 0.687. The van der Waals surface area contributed by atoms with E-state index in [1.807, 2.05) is 0 Å². The van der Waals surface area contributed by atoms with Crippen molar-refractivity contribution in [2.45, 2.75) is 6.42 Å². The van der Waals surface area contributed by atoms with E-state index in [2.05, 4.69) is 15.7 Å². The molecule has 0 aromatic carbocycles. The second-order valence-electron chi connectivity index (χ2n) is 3.57. The largest absolute Gasteiger partial charge is 0.355 e. The average molecular weight is 208 g/mol. The van der Waals surface area contributed by atoms with Gasteiger partial charge >= 0.3 is 0 Å². The van der Waals surface area contributed by atoms with E-state index in [1.165, 1.54) is 0 Å². The minimum atomic E-state index is -0.278. The van der Waals surface area contributed by atoms with Gasteiger partial charge in [-0.1, -0.05) is 0 Å². The van der Waals surface area contributed by atoms with Gasteiger partial charge in [0.1, 0.15) is 0 Å². The molecule has 0 aliphatic carbocycles. The first kappa shape index (κ1) is 9.70. The third kappa shape index (κ3) is 2.15. The van der Waals surface area contributed by atoms with E-state index >= 15 is 0 Å². The number of nitrogens with one attached hydrogen (secondary N) is 2. The van der Waals surface area contributed by atoms with Crippen LogP contribution in [0.1, 0.15) is 6.42 Å². The van der Waals surface area contributed by atoms with Gasteiger partial charge < -0.3 is 10.6 Å². The molecule has 15 heavy (non-hydrogen) atoms. The number of hydrogen-bond donors (Lipinski definition) is 2. The molecular weight excluding hydrogens is 196 g/mol. The molecule has 2 N–H and O–H groups in total. The van der Waals surface area contributed by atoms with E-state index in [-0.39, 0.29) is 24.2 Å². The molecule has 1 aromatic rings. The zero-order chi connectivity index (χ0) is 10.8. The fourth-order valence-corrected chi connectivity index (χ4v) is 1.50. The predicted molar refractivity (Wildman–Crippen MR) is 53.0 cm³/mol. The van der Waals surface area contributed by atoms with Crippen molar-refractivity contribution in [1.29, 1.82) is 0 Å². The molecule has 6 heteroatoms. The van der Waals surface area contributed by atoms with E-state index in [9.17, 15) is 9.59 Å². The van der Waals surface area contributed by atoms with E-state index in [0.717, 1.165) is 0 Å². The normalized spacial score (nSPS) is 20.1. The highest BCUT2D eigenvalue weighted by molar-refractivity contribution is 5.96. The summed E-state index contributed by atoms with van der Waals surface area (Å²) >= 11 is 0. The van der Waals surface area contributed by atoms with Crippen molar-refractivity contribution in [2.24, 2.45) is 13.0 Å². The van der Waals surface area contributed by atoms with Gasteiger partial charge in [0.2, 0.25) is 11.8 Å². The number of carbonyl (C=O) groups excluding carboxylic acids is 2. The number of carbonyl (C=O) groups is 2. The Balaban J connectivity index is 1.95. The van der Waals surface area contributed by atoms with Crippen LogP contribution in [0.15, 0.2) is 12.3 Å². The Morgan fingerprint density at radius 3 is 3.07 bits per heavy atom. The number of amides is 2. The number of aromatic nitrogens is 2. The van der Waals surface area contributed by atoms with Gasteiger partial charge in [0.25, 0.3) is 0 Å². The maximum Gasteiger partial charge on any atom is 0.230 e. The number of aryl methyl sites for hydroxylation is 1. The van der Waals surface area contributed by atoms with Gasteiger partial charge in [-0.05, 0) is 0 Å². The molecule has 2 rings (SSSR count). The molecule has 2 amide bonds. The van der Waals surface area contributed by atoms with Crippen LogP contribution >= 0.6 is 0 Å². The second-order valence-corrected chi connectivity index (χ2v) is 3.57. The van der Waals surface area contributed by atoms with Gasteiger partial charge in [0.15, 0.2) is 5.82 Å². The molecule has 2 heterocycles. The molecule has 0 saturated carbocycles. The number of nitrogens with zero attached hydrogens (tertiary/aromatic N) is 2. The topological polar surface area (TPSA) is 76.0 Å². The monoisotopic (exact) mass is 208 g/mol. The van der Waals surface area contributed by atoms with Crippen molar-refractivity contribution in [3.8, 4) is 0 Å². The molecule has 80 valence electrons. The minimum absolute atomic E-state index is 0.0730. The summed E-state index contributed by atoms with van der Waals surface area (Å²) in [6, 6.07) is 1.71. The van der Waals surface area contributed by atoms with Crippen LogP contribution in [0, 0.1) is 5.92 Å². The lowest BCUT2D eigenvalue weighted by atomic mass is 10.1. The van der Waals surface area contributed by atoms with Crippen LogP contribution in [0.5, 0.6) is 0 Å². The smallest absolute Gasteiger partial charge is 0.230 e. The Kier molecular flexibility index (Phi) is 2.40. The third-order valence-electron chi connectivity index (χ3n) is 2.31. The third-order valence-corrected chi connectivity index (χ3v) is 2.31. The van der Waals surface area contributed by atoms with E-state index < -0.39 is 0 Å². The summed E-state index contributed by atoms with van der Waals surface area (Å²) < 4.78 is 1.60. The van der Waals surface area contributed by atoms with Crippen LogP contribution < -0.4 is 10.6 Å². The van der Waals surface area contributed by atoms with Crippen molar-refractivity contribution in [3.05, 3.63) is 12.3 Å². The Morgan fingerprint density at radius 2 is 2.53 bits per heavy atom. The SMILES string of the molecule is Cn1ccc(NC(=O)C2CNC(=O)C2)n1. The first-order chi connectivity index (χ1) is 7.15. The fraction of sp³-hybridized carbons (Fsp3) is 0.444. The van der Waals surface area contributed by atoms with Gasteiger partial charge in [-0.3, -0.25) is 14.3 Å². The van der Waals surface area contributed by atoms with Crippen LogP contribution in [0.25, 0.3) is 0 Å². The number of anilines is 1. The maximum absolute atomic E-state index is 11.6. The molecule has 1 fully saturated rings. The van der Waals surface area contributed by atoms with Crippen LogP contribution in [0.4, 0.5) is 5.82 Å². The summed E-state index contributed by atoms with van der Waals surface area (Å²) in [6.45, 7) is 0.414. The summed E-state index contributed by atoms with van der Waals surface area (Å²) in [5, 5.41) is 9.30. The zero-order valence-corrected chi connectivity index (χ0v) is 8.36. The van der Waals surface area contributed by atoms with Crippen molar-refractivity contribution < 1.29 is 9.59 Å². The molecule has 1 aromatic heterocycles. The maximum atomic E-state index is 11.6. The molecule has 1 aliphatic heterocycles. The lowest BCUT2D eigenvalue weighted by Crippen LogP contribution is -2.24. The Morgan fingerprint density at radius 1 is 1.73 bits per heavy atom. The highest BCUT2D eigenvalue weighted by Gasteiger charge is 2.28. The van der Waals surface area contributed by atoms with Crippen LogP contribution in [0.2, 0.25) is 0 Å². The molecule has 0 bridgehead atoms. The molecule has 1 atom stereocenters. The van der Waals surface area contributed by atoms with Gasteiger partial charge in [-0.15, -0.1) is 0 Å². The fourth-order valence-electron chi connectivity index (χ4n) is 1.50. The molecule has 1 unspecified atom stereocenters. The summed E-state index contributed by atoms with van der Waals surface area (Å²) in [5.74, 6) is 0.00424. The second kappa shape index (κ2) is 3.72. The average Bonchev–Trinajstić information content (AvgIpc) is 2.75. The van der Waals surface area contributed by atoms with Crippen molar-refractivity contribution >= 4 is 17.6 Å². The van der Waals surface area contributed by atoms with E-state index in [1.54, 1.807) is 24.0 Å². The Labute approximate surface area is 86.6 Å². The minimum Gasteiger partial charge on any atom is -0.355 e. The highest BCUT2D eigenvalue weighted by Crippen LogP contribution is 2.11. The van der Waals surface area contributed by atoms with Crippen molar-refractivity contribution in [3.63, 3.8) is 0 Å². The Hall–Kier alpha value is -1.85. The van der Waals surface area contributed by atoms with Gasteiger partial charge in [0, 0.05) is 32.3 Å².